The fourth-order valence-electron chi connectivity index (χ4n) is 1.46. The van der Waals surface area contributed by atoms with Gasteiger partial charge in [0, 0.05) is 18.8 Å². The Labute approximate surface area is 77.8 Å². The Morgan fingerprint density at radius 1 is 1.46 bits per heavy atom. The second-order valence-electron chi connectivity index (χ2n) is 3.45. The predicted octanol–water partition coefficient (Wildman–Crippen LogP) is 0.694. The molecule has 3 nitrogen and oxygen atoms in total. The molecule has 1 aliphatic carbocycles. The highest BCUT2D eigenvalue weighted by Gasteiger charge is 2.27. The number of hydrogen-bond acceptors (Lipinski definition) is 3. The largest absolute Gasteiger partial charge is 0.392 e. The van der Waals surface area contributed by atoms with Crippen molar-refractivity contribution in [2.45, 2.75) is 31.5 Å². The molecule has 13 heavy (non-hydrogen) atoms. The monoisotopic (exact) mass is 178 g/mol. The zero-order chi connectivity index (χ0) is 9.10. The van der Waals surface area contributed by atoms with Crippen molar-refractivity contribution < 1.29 is 5.11 Å². The van der Waals surface area contributed by atoms with Gasteiger partial charge in [0.15, 0.2) is 0 Å². The summed E-state index contributed by atoms with van der Waals surface area (Å²) >= 11 is 0. The summed E-state index contributed by atoms with van der Waals surface area (Å²) in [7, 11) is 0. The van der Waals surface area contributed by atoms with E-state index < -0.39 is 0 Å². The Bertz CT molecular complexity index is 263. The van der Waals surface area contributed by atoms with E-state index in [1.807, 2.05) is 18.2 Å². The highest BCUT2D eigenvalue weighted by atomic mass is 16.3. The molecule has 70 valence electrons. The molecule has 2 rings (SSSR count). The minimum atomic E-state index is -0.149. The van der Waals surface area contributed by atoms with Crippen molar-refractivity contribution in [3.63, 3.8) is 0 Å². The van der Waals surface area contributed by atoms with Crippen LogP contribution in [0.3, 0.4) is 0 Å². The summed E-state index contributed by atoms with van der Waals surface area (Å²) in [5, 5.41) is 12.6. The van der Waals surface area contributed by atoms with Crippen LogP contribution in [0.4, 0.5) is 0 Å². The maximum absolute atomic E-state index is 9.30. The van der Waals surface area contributed by atoms with Crippen LogP contribution < -0.4 is 5.32 Å². The highest BCUT2D eigenvalue weighted by Crippen LogP contribution is 2.19. The third-order valence-electron chi connectivity index (χ3n) is 2.51. The molecule has 0 radical (unpaired) electrons. The highest BCUT2D eigenvalue weighted by molar-refractivity contribution is 5.03. The number of aliphatic hydroxyl groups is 1. The van der Waals surface area contributed by atoms with Crippen LogP contribution in [0.15, 0.2) is 24.4 Å². The van der Waals surface area contributed by atoms with Gasteiger partial charge in [0.2, 0.25) is 0 Å². The van der Waals surface area contributed by atoms with Crippen molar-refractivity contribution in [3.05, 3.63) is 30.1 Å². The molecule has 2 N–H and O–H groups in total. The van der Waals surface area contributed by atoms with E-state index in [-0.39, 0.29) is 12.1 Å². The number of nitrogens with one attached hydrogen (secondary N) is 1. The summed E-state index contributed by atoms with van der Waals surface area (Å²) in [6, 6.07) is 6.14. The van der Waals surface area contributed by atoms with Crippen molar-refractivity contribution in [3.8, 4) is 0 Å². The molecular formula is C10H14N2O. The number of pyridine rings is 1. The van der Waals surface area contributed by atoms with Gasteiger partial charge in [-0.1, -0.05) is 6.07 Å². The number of rotatable bonds is 3. The SMILES string of the molecule is O[C@H]1CC[C@@H]1NCc1ccccn1. The zero-order valence-electron chi connectivity index (χ0n) is 7.48. The number of hydrogen-bond donors (Lipinski definition) is 2. The van der Waals surface area contributed by atoms with Crippen LogP contribution in [0.5, 0.6) is 0 Å². The number of aromatic nitrogens is 1. The van der Waals surface area contributed by atoms with Crippen LogP contribution in [0.2, 0.25) is 0 Å². The topological polar surface area (TPSA) is 45.1 Å². The first-order chi connectivity index (χ1) is 6.36. The second-order valence-corrected chi connectivity index (χ2v) is 3.45. The van der Waals surface area contributed by atoms with Crippen LogP contribution in [-0.4, -0.2) is 22.2 Å². The van der Waals surface area contributed by atoms with Gasteiger partial charge in [0.05, 0.1) is 11.8 Å². The molecule has 3 heteroatoms. The van der Waals surface area contributed by atoms with E-state index in [0.29, 0.717) is 0 Å². The maximum Gasteiger partial charge on any atom is 0.0693 e. The van der Waals surface area contributed by atoms with Crippen molar-refractivity contribution in [2.24, 2.45) is 0 Å². The first kappa shape index (κ1) is 8.66. The van der Waals surface area contributed by atoms with E-state index in [2.05, 4.69) is 10.3 Å². The molecular weight excluding hydrogens is 164 g/mol. The van der Waals surface area contributed by atoms with E-state index in [0.717, 1.165) is 25.1 Å². The van der Waals surface area contributed by atoms with Gasteiger partial charge in [0.25, 0.3) is 0 Å². The predicted molar refractivity (Wildman–Crippen MR) is 50.1 cm³/mol. The van der Waals surface area contributed by atoms with Crippen LogP contribution in [0.1, 0.15) is 18.5 Å². The summed E-state index contributed by atoms with van der Waals surface area (Å²) < 4.78 is 0. The van der Waals surface area contributed by atoms with E-state index in [1.165, 1.54) is 0 Å². The summed E-state index contributed by atoms with van der Waals surface area (Å²) in [6.45, 7) is 0.753. The molecule has 1 aromatic heterocycles. The Hall–Kier alpha value is -0.930. The van der Waals surface area contributed by atoms with Crippen LogP contribution in [0, 0.1) is 0 Å². The molecule has 0 aliphatic heterocycles. The van der Waals surface area contributed by atoms with Gasteiger partial charge >= 0.3 is 0 Å². The molecule has 2 atom stereocenters. The first-order valence-electron chi connectivity index (χ1n) is 4.67. The average Bonchev–Trinajstić information content (AvgIpc) is 2.17. The van der Waals surface area contributed by atoms with Crippen molar-refractivity contribution in [1.82, 2.24) is 10.3 Å². The van der Waals surface area contributed by atoms with Crippen LogP contribution >= 0.6 is 0 Å². The smallest absolute Gasteiger partial charge is 0.0693 e. The Balaban J connectivity index is 1.80. The van der Waals surface area contributed by atoms with Gasteiger partial charge in [-0.3, -0.25) is 4.98 Å². The maximum atomic E-state index is 9.30. The summed E-state index contributed by atoms with van der Waals surface area (Å²) in [5.74, 6) is 0. The normalized spacial score (nSPS) is 26.8. The lowest BCUT2D eigenvalue weighted by atomic mass is 9.89. The van der Waals surface area contributed by atoms with Gasteiger partial charge in [-0.05, 0) is 25.0 Å². The summed E-state index contributed by atoms with van der Waals surface area (Å²) in [6.07, 6.45) is 3.64. The van der Waals surface area contributed by atoms with E-state index in [4.69, 9.17) is 0 Å². The molecule has 0 unspecified atom stereocenters. The molecule has 0 bridgehead atoms. The molecule has 1 saturated carbocycles. The molecule has 1 fully saturated rings. The standard InChI is InChI=1S/C10H14N2O/c13-10-5-4-9(10)12-7-8-3-1-2-6-11-8/h1-3,6,9-10,12-13H,4-5,7H2/t9-,10-/m0/s1. The molecule has 1 heterocycles. The van der Waals surface area contributed by atoms with Crippen LogP contribution in [-0.2, 0) is 6.54 Å². The average molecular weight is 178 g/mol. The Morgan fingerprint density at radius 2 is 2.38 bits per heavy atom. The summed E-state index contributed by atoms with van der Waals surface area (Å²) in [5.41, 5.74) is 1.03. The van der Waals surface area contributed by atoms with Crippen molar-refractivity contribution >= 4 is 0 Å². The molecule has 1 aromatic rings. The summed E-state index contributed by atoms with van der Waals surface area (Å²) in [4.78, 5) is 4.19. The zero-order valence-corrected chi connectivity index (χ0v) is 7.48. The lowest BCUT2D eigenvalue weighted by molar-refractivity contribution is 0.0491. The minimum absolute atomic E-state index is 0.149. The fourth-order valence-corrected chi connectivity index (χ4v) is 1.46. The number of aliphatic hydroxyl groups excluding tert-OH is 1. The van der Waals surface area contributed by atoms with Gasteiger partial charge < -0.3 is 10.4 Å². The third-order valence-corrected chi connectivity index (χ3v) is 2.51. The second kappa shape index (κ2) is 3.85. The van der Waals surface area contributed by atoms with E-state index in [9.17, 15) is 5.11 Å². The van der Waals surface area contributed by atoms with Crippen molar-refractivity contribution in [1.29, 1.82) is 0 Å². The quantitative estimate of drug-likeness (QED) is 0.716. The van der Waals surface area contributed by atoms with Gasteiger partial charge in [-0.25, -0.2) is 0 Å². The fraction of sp³-hybridized carbons (Fsp3) is 0.500. The third kappa shape index (κ3) is 2.05. The molecule has 0 saturated heterocycles. The first-order valence-corrected chi connectivity index (χ1v) is 4.67. The Kier molecular flexibility index (Phi) is 2.57. The molecule has 0 spiro atoms. The lowest BCUT2D eigenvalue weighted by Crippen LogP contribution is -2.47. The van der Waals surface area contributed by atoms with Gasteiger partial charge in [-0.15, -0.1) is 0 Å². The van der Waals surface area contributed by atoms with Gasteiger partial charge in [-0.2, -0.15) is 0 Å². The molecule has 0 aromatic carbocycles. The van der Waals surface area contributed by atoms with Gasteiger partial charge in [0.1, 0.15) is 0 Å². The van der Waals surface area contributed by atoms with E-state index in [1.54, 1.807) is 6.20 Å². The van der Waals surface area contributed by atoms with E-state index >= 15 is 0 Å². The van der Waals surface area contributed by atoms with Crippen LogP contribution in [0.25, 0.3) is 0 Å². The Morgan fingerprint density at radius 3 is 2.92 bits per heavy atom. The minimum Gasteiger partial charge on any atom is -0.392 e. The lowest BCUT2D eigenvalue weighted by Gasteiger charge is -2.33. The molecule has 0 amide bonds. The number of nitrogens with zero attached hydrogens (tertiary/aromatic N) is 1. The van der Waals surface area contributed by atoms with Crippen molar-refractivity contribution in [2.75, 3.05) is 0 Å². The molecule has 1 aliphatic rings.